The molecule has 1 rings (SSSR count). The van der Waals surface area contributed by atoms with Crippen molar-refractivity contribution < 1.29 is 0 Å². The van der Waals surface area contributed by atoms with Gasteiger partial charge in [0, 0.05) is 14.1 Å². The standard InChI is InChI=1S/C14H21BrIN/c1-3-5-6-14(17-9-4-2)12-10-11(16)7-8-13(12)15/h7-8,10,14,17H,3-6,9H2,1-2H3. The average Bonchev–Trinajstić information content (AvgIpc) is 2.33. The van der Waals surface area contributed by atoms with Gasteiger partial charge in [-0.1, -0.05) is 42.6 Å². The lowest BCUT2D eigenvalue weighted by molar-refractivity contribution is 0.480. The smallest absolute Gasteiger partial charge is 0.0331 e. The van der Waals surface area contributed by atoms with Gasteiger partial charge in [0.05, 0.1) is 0 Å². The number of unbranched alkanes of at least 4 members (excludes halogenated alkanes) is 1. The third-order valence-electron chi connectivity index (χ3n) is 2.82. The predicted octanol–water partition coefficient (Wildman–Crippen LogP) is 5.28. The van der Waals surface area contributed by atoms with E-state index in [1.807, 2.05) is 0 Å². The van der Waals surface area contributed by atoms with Crippen LogP contribution in [0.2, 0.25) is 0 Å². The zero-order valence-corrected chi connectivity index (χ0v) is 14.3. The maximum atomic E-state index is 3.67. The quantitative estimate of drug-likeness (QED) is 0.603. The Morgan fingerprint density at radius 3 is 2.71 bits per heavy atom. The topological polar surface area (TPSA) is 12.0 Å². The van der Waals surface area contributed by atoms with Crippen LogP contribution in [0.5, 0.6) is 0 Å². The Balaban J connectivity index is 2.82. The molecule has 3 heteroatoms. The van der Waals surface area contributed by atoms with Crippen molar-refractivity contribution in [3.05, 3.63) is 31.8 Å². The van der Waals surface area contributed by atoms with E-state index in [0.717, 1.165) is 6.54 Å². The lowest BCUT2D eigenvalue weighted by atomic mass is 10.0. The number of benzene rings is 1. The predicted molar refractivity (Wildman–Crippen MR) is 87.4 cm³/mol. The van der Waals surface area contributed by atoms with Crippen molar-refractivity contribution in [3.8, 4) is 0 Å². The fourth-order valence-corrected chi connectivity index (χ4v) is 2.91. The van der Waals surface area contributed by atoms with Crippen molar-refractivity contribution in [1.29, 1.82) is 0 Å². The van der Waals surface area contributed by atoms with Gasteiger partial charge in [-0.2, -0.15) is 0 Å². The van der Waals surface area contributed by atoms with Gasteiger partial charge in [-0.05, 0) is 65.7 Å². The minimum absolute atomic E-state index is 0.485. The molecule has 0 saturated carbocycles. The molecule has 0 heterocycles. The van der Waals surface area contributed by atoms with Crippen LogP contribution in [0.1, 0.15) is 51.1 Å². The number of nitrogens with one attached hydrogen (secondary N) is 1. The zero-order valence-electron chi connectivity index (χ0n) is 10.6. The van der Waals surface area contributed by atoms with Gasteiger partial charge in [-0.3, -0.25) is 0 Å². The van der Waals surface area contributed by atoms with Crippen LogP contribution in [-0.2, 0) is 0 Å². The summed E-state index contributed by atoms with van der Waals surface area (Å²) in [7, 11) is 0. The molecule has 1 aromatic rings. The van der Waals surface area contributed by atoms with E-state index < -0.39 is 0 Å². The van der Waals surface area contributed by atoms with Crippen molar-refractivity contribution in [2.24, 2.45) is 0 Å². The van der Waals surface area contributed by atoms with Crippen LogP contribution >= 0.6 is 38.5 Å². The molecule has 1 unspecified atom stereocenters. The van der Waals surface area contributed by atoms with Gasteiger partial charge in [0.25, 0.3) is 0 Å². The second-order valence-electron chi connectivity index (χ2n) is 4.31. The molecule has 0 fully saturated rings. The van der Waals surface area contributed by atoms with E-state index in [0.29, 0.717) is 6.04 Å². The highest BCUT2D eigenvalue weighted by Crippen LogP contribution is 2.28. The summed E-state index contributed by atoms with van der Waals surface area (Å²) < 4.78 is 2.53. The Morgan fingerprint density at radius 2 is 2.06 bits per heavy atom. The summed E-state index contributed by atoms with van der Waals surface area (Å²) >= 11 is 6.05. The summed E-state index contributed by atoms with van der Waals surface area (Å²) in [6, 6.07) is 7.07. The lowest BCUT2D eigenvalue weighted by Crippen LogP contribution is -2.22. The van der Waals surface area contributed by atoms with E-state index in [4.69, 9.17) is 0 Å². The van der Waals surface area contributed by atoms with Gasteiger partial charge in [-0.25, -0.2) is 0 Å². The molecule has 1 aromatic carbocycles. The SMILES string of the molecule is CCCCC(NCCC)c1cc(I)ccc1Br. The van der Waals surface area contributed by atoms with E-state index in [2.05, 4.69) is 75.9 Å². The summed E-state index contributed by atoms with van der Waals surface area (Å²) in [4.78, 5) is 0. The van der Waals surface area contributed by atoms with Crippen LogP contribution in [0, 0.1) is 3.57 Å². The normalized spacial score (nSPS) is 12.7. The molecule has 1 N–H and O–H groups in total. The maximum Gasteiger partial charge on any atom is 0.0331 e. The summed E-state index contributed by atoms with van der Waals surface area (Å²) in [6.07, 6.45) is 4.94. The van der Waals surface area contributed by atoms with Crippen molar-refractivity contribution >= 4 is 38.5 Å². The number of halogens is 2. The Labute approximate surface area is 127 Å². The Bertz CT molecular complexity index is 333. The van der Waals surface area contributed by atoms with Crippen LogP contribution in [0.3, 0.4) is 0 Å². The highest BCUT2D eigenvalue weighted by Gasteiger charge is 2.13. The van der Waals surface area contributed by atoms with Crippen LogP contribution in [0.25, 0.3) is 0 Å². The van der Waals surface area contributed by atoms with Gasteiger partial charge >= 0.3 is 0 Å². The second-order valence-corrected chi connectivity index (χ2v) is 6.41. The molecule has 1 nitrogen and oxygen atoms in total. The average molecular weight is 410 g/mol. The first-order chi connectivity index (χ1) is 8.19. The van der Waals surface area contributed by atoms with Crippen molar-refractivity contribution in [1.82, 2.24) is 5.32 Å². The lowest BCUT2D eigenvalue weighted by Gasteiger charge is -2.20. The van der Waals surface area contributed by atoms with Gasteiger partial charge in [0.1, 0.15) is 0 Å². The maximum absolute atomic E-state index is 3.67. The zero-order chi connectivity index (χ0) is 12.7. The third kappa shape index (κ3) is 5.26. The summed E-state index contributed by atoms with van der Waals surface area (Å²) in [5, 5.41) is 3.66. The highest BCUT2D eigenvalue weighted by molar-refractivity contribution is 14.1. The molecule has 0 spiro atoms. The Kier molecular flexibility index (Phi) is 7.71. The first-order valence-corrected chi connectivity index (χ1v) is 8.24. The van der Waals surface area contributed by atoms with Gasteiger partial charge < -0.3 is 5.32 Å². The van der Waals surface area contributed by atoms with Crippen molar-refractivity contribution in [2.45, 2.75) is 45.6 Å². The first kappa shape index (κ1) is 15.4. The van der Waals surface area contributed by atoms with E-state index in [1.165, 1.54) is 39.3 Å². The van der Waals surface area contributed by atoms with Crippen LogP contribution in [-0.4, -0.2) is 6.54 Å². The van der Waals surface area contributed by atoms with Crippen LogP contribution < -0.4 is 5.32 Å². The summed E-state index contributed by atoms with van der Waals surface area (Å²) in [5.41, 5.74) is 1.40. The molecule has 0 saturated heterocycles. The highest BCUT2D eigenvalue weighted by atomic mass is 127. The second kappa shape index (κ2) is 8.48. The van der Waals surface area contributed by atoms with Crippen LogP contribution in [0.15, 0.2) is 22.7 Å². The third-order valence-corrected chi connectivity index (χ3v) is 4.21. The van der Waals surface area contributed by atoms with Gasteiger partial charge in [0.15, 0.2) is 0 Å². The molecule has 96 valence electrons. The summed E-state index contributed by atoms with van der Waals surface area (Å²) in [5.74, 6) is 0. The molecular formula is C14H21BrIN. The van der Waals surface area contributed by atoms with E-state index >= 15 is 0 Å². The molecule has 0 aliphatic rings. The largest absolute Gasteiger partial charge is 0.310 e. The minimum atomic E-state index is 0.485. The van der Waals surface area contributed by atoms with Crippen molar-refractivity contribution in [3.63, 3.8) is 0 Å². The molecule has 1 atom stereocenters. The molecule has 17 heavy (non-hydrogen) atoms. The fraction of sp³-hybridized carbons (Fsp3) is 0.571. The van der Waals surface area contributed by atoms with Crippen LogP contribution in [0.4, 0.5) is 0 Å². The molecule has 0 bridgehead atoms. The molecule has 0 aliphatic heterocycles. The fourth-order valence-electron chi connectivity index (χ4n) is 1.88. The first-order valence-electron chi connectivity index (χ1n) is 6.37. The molecule has 0 radical (unpaired) electrons. The molecule has 0 aliphatic carbocycles. The molecule has 0 aromatic heterocycles. The Morgan fingerprint density at radius 1 is 1.29 bits per heavy atom. The summed E-state index contributed by atoms with van der Waals surface area (Å²) in [6.45, 7) is 5.56. The van der Waals surface area contributed by atoms with E-state index in [-0.39, 0.29) is 0 Å². The molecular weight excluding hydrogens is 389 g/mol. The van der Waals surface area contributed by atoms with E-state index in [1.54, 1.807) is 0 Å². The number of rotatable bonds is 7. The minimum Gasteiger partial charge on any atom is -0.310 e. The number of hydrogen-bond donors (Lipinski definition) is 1. The van der Waals surface area contributed by atoms with Gasteiger partial charge in [0.2, 0.25) is 0 Å². The number of hydrogen-bond acceptors (Lipinski definition) is 1. The molecule has 0 amide bonds. The monoisotopic (exact) mass is 409 g/mol. The van der Waals surface area contributed by atoms with E-state index in [9.17, 15) is 0 Å². The van der Waals surface area contributed by atoms with Gasteiger partial charge in [-0.15, -0.1) is 0 Å². The van der Waals surface area contributed by atoms with Crippen molar-refractivity contribution in [2.75, 3.05) is 6.54 Å². The Hall–Kier alpha value is 0.390.